The number of carbonyl (C=O) groups excluding carboxylic acids is 1. The summed E-state index contributed by atoms with van der Waals surface area (Å²) in [6, 6.07) is 12.9. The SMILES string of the molecule is CC(NC(=O)CSCc1ccc(Cl)cc1)c1nc(-c2ccc(F)cc2)no1. The van der Waals surface area contributed by atoms with E-state index in [1.807, 2.05) is 24.3 Å². The van der Waals surface area contributed by atoms with E-state index >= 15 is 0 Å². The number of thioether (sulfide) groups is 1. The molecule has 3 rings (SSSR count). The lowest BCUT2D eigenvalue weighted by molar-refractivity contribution is -0.119. The largest absolute Gasteiger partial charge is 0.344 e. The van der Waals surface area contributed by atoms with Gasteiger partial charge >= 0.3 is 0 Å². The van der Waals surface area contributed by atoms with E-state index in [1.165, 1.54) is 23.9 Å². The van der Waals surface area contributed by atoms with Gasteiger partial charge in [0.05, 0.1) is 5.75 Å². The van der Waals surface area contributed by atoms with Crippen LogP contribution >= 0.6 is 23.4 Å². The molecule has 0 bridgehead atoms. The molecule has 3 aromatic rings. The van der Waals surface area contributed by atoms with Gasteiger partial charge in [-0.3, -0.25) is 4.79 Å². The van der Waals surface area contributed by atoms with Crippen molar-refractivity contribution < 1.29 is 13.7 Å². The van der Waals surface area contributed by atoms with Crippen LogP contribution in [0.5, 0.6) is 0 Å². The zero-order valence-corrected chi connectivity index (χ0v) is 16.1. The number of benzene rings is 2. The van der Waals surface area contributed by atoms with Gasteiger partial charge in [0.2, 0.25) is 17.6 Å². The van der Waals surface area contributed by atoms with Crippen LogP contribution in [0.3, 0.4) is 0 Å². The number of halogens is 2. The topological polar surface area (TPSA) is 68.0 Å². The summed E-state index contributed by atoms with van der Waals surface area (Å²) in [5, 5.41) is 7.40. The molecular weight excluding hydrogens is 389 g/mol. The number of amides is 1. The van der Waals surface area contributed by atoms with Gasteiger partial charge in [0.25, 0.3) is 0 Å². The molecule has 0 radical (unpaired) electrons. The Bertz CT molecular complexity index is 900. The number of hydrogen-bond donors (Lipinski definition) is 1. The summed E-state index contributed by atoms with van der Waals surface area (Å²) in [4.78, 5) is 16.4. The van der Waals surface area contributed by atoms with E-state index in [0.29, 0.717) is 33.8 Å². The molecule has 0 aliphatic rings. The summed E-state index contributed by atoms with van der Waals surface area (Å²) in [5.74, 6) is 1.22. The third-order valence-corrected chi connectivity index (χ3v) is 4.96. The number of rotatable bonds is 7. The van der Waals surface area contributed by atoms with Crippen LogP contribution in [-0.2, 0) is 10.5 Å². The highest BCUT2D eigenvalue weighted by Crippen LogP contribution is 2.19. The highest BCUT2D eigenvalue weighted by atomic mass is 35.5. The zero-order valence-electron chi connectivity index (χ0n) is 14.5. The fourth-order valence-corrected chi connectivity index (χ4v) is 3.24. The van der Waals surface area contributed by atoms with Gasteiger partial charge in [0.1, 0.15) is 11.9 Å². The van der Waals surface area contributed by atoms with Crippen molar-refractivity contribution >= 4 is 29.3 Å². The molecule has 1 amide bonds. The fraction of sp³-hybridized carbons (Fsp3) is 0.211. The smallest absolute Gasteiger partial charge is 0.249 e. The first-order valence-corrected chi connectivity index (χ1v) is 9.75. The van der Waals surface area contributed by atoms with Crippen molar-refractivity contribution in [2.45, 2.75) is 18.7 Å². The standard InChI is InChI=1S/C19H17ClFN3O2S/c1-12(19-23-18(24-26-19)14-4-8-16(21)9-5-14)22-17(25)11-27-10-13-2-6-15(20)7-3-13/h2-9,12H,10-11H2,1H3,(H,22,25). The van der Waals surface area contributed by atoms with Gasteiger partial charge in [-0.2, -0.15) is 4.98 Å². The Hall–Kier alpha value is -2.38. The molecule has 140 valence electrons. The molecular formula is C19H17ClFN3O2S. The minimum atomic E-state index is -0.421. The lowest BCUT2D eigenvalue weighted by atomic mass is 10.2. The number of carbonyl (C=O) groups is 1. The predicted molar refractivity (Wildman–Crippen MR) is 104 cm³/mol. The first-order valence-electron chi connectivity index (χ1n) is 8.22. The molecule has 0 spiro atoms. The van der Waals surface area contributed by atoms with Crippen LogP contribution in [0.25, 0.3) is 11.4 Å². The van der Waals surface area contributed by atoms with E-state index in [1.54, 1.807) is 19.1 Å². The Kier molecular flexibility index (Phi) is 6.47. The van der Waals surface area contributed by atoms with Crippen LogP contribution in [0.4, 0.5) is 4.39 Å². The van der Waals surface area contributed by atoms with Gasteiger partial charge in [-0.05, 0) is 48.9 Å². The highest BCUT2D eigenvalue weighted by Gasteiger charge is 2.17. The monoisotopic (exact) mass is 405 g/mol. The van der Waals surface area contributed by atoms with Crippen molar-refractivity contribution in [3.63, 3.8) is 0 Å². The van der Waals surface area contributed by atoms with Gasteiger partial charge in [0, 0.05) is 16.3 Å². The minimum absolute atomic E-state index is 0.122. The second-order valence-corrected chi connectivity index (χ2v) is 7.29. The minimum Gasteiger partial charge on any atom is -0.344 e. The quantitative estimate of drug-likeness (QED) is 0.620. The van der Waals surface area contributed by atoms with Crippen molar-refractivity contribution in [3.05, 3.63) is 70.8 Å². The maximum Gasteiger partial charge on any atom is 0.249 e. The van der Waals surface area contributed by atoms with E-state index < -0.39 is 6.04 Å². The molecule has 0 saturated carbocycles. The normalized spacial score (nSPS) is 12.0. The Balaban J connectivity index is 1.49. The van der Waals surface area contributed by atoms with Crippen LogP contribution in [0.15, 0.2) is 53.1 Å². The number of nitrogens with one attached hydrogen (secondary N) is 1. The van der Waals surface area contributed by atoms with Crippen molar-refractivity contribution in [2.24, 2.45) is 0 Å². The van der Waals surface area contributed by atoms with Crippen LogP contribution in [0.1, 0.15) is 24.4 Å². The molecule has 0 aliphatic heterocycles. The van der Waals surface area contributed by atoms with Crippen molar-refractivity contribution in [1.82, 2.24) is 15.5 Å². The number of nitrogens with zero attached hydrogens (tertiary/aromatic N) is 2. The second-order valence-electron chi connectivity index (χ2n) is 5.87. The Morgan fingerprint density at radius 1 is 1.22 bits per heavy atom. The lowest BCUT2D eigenvalue weighted by Gasteiger charge is -2.09. The molecule has 2 aromatic carbocycles. The van der Waals surface area contributed by atoms with E-state index in [0.717, 1.165) is 5.56 Å². The summed E-state index contributed by atoms with van der Waals surface area (Å²) >= 11 is 7.36. The zero-order chi connectivity index (χ0) is 19.2. The van der Waals surface area contributed by atoms with Crippen LogP contribution in [0.2, 0.25) is 5.02 Å². The molecule has 0 saturated heterocycles. The van der Waals surface area contributed by atoms with Gasteiger partial charge in [0.15, 0.2) is 0 Å². The Morgan fingerprint density at radius 3 is 2.63 bits per heavy atom. The maximum absolute atomic E-state index is 13.0. The average molecular weight is 406 g/mol. The van der Waals surface area contributed by atoms with E-state index in [9.17, 15) is 9.18 Å². The Morgan fingerprint density at radius 2 is 1.93 bits per heavy atom. The average Bonchev–Trinajstić information content (AvgIpc) is 3.14. The van der Waals surface area contributed by atoms with Crippen molar-refractivity contribution in [2.75, 3.05) is 5.75 Å². The first kappa shape index (κ1) is 19.4. The molecule has 27 heavy (non-hydrogen) atoms. The Labute approximate surface area is 165 Å². The van der Waals surface area contributed by atoms with Crippen molar-refractivity contribution in [3.8, 4) is 11.4 Å². The maximum atomic E-state index is 13.0. The summed E-state index contributed by atoms with van der Waals surface area (Å²) in [7, 11) is 0. The molecule has 0 aliphatic carbocycles. The summed E-state index contributed by atoms with van der Waals surface area (Å²) < 4.78 is 18.2. The van der Waals surface area contributed by atoms with E-state index in [-0.39, 0.29) is 11.7 Å². The molecule has 1 N–H and O–H groups in total. The third kappa shape index (κ3) is 5.55. The fourth-order valence-electron chi connectivity index (χ4n) is 2.31. The van der Waals surface area contributed by atoms with Crippen LogP contribution in [0, 0.1) is 5.82 Å². The van der Waals surface area contributed by atoms with Gasteiger partial charge in [-0.15, -0.1) is 11.8 Å². The van der Waals surface area contributed by atoms with Gasteiger partial charge in [-0.25, -0.2) is 4.39 Å². The third-order valence-electron chi connectivity index (χ3n) is 3.71. The molecule has 1 unspecified atom stereocenters. The van der Waals surface area contributed by atoms with Crippen molar-refractivity contribution in [1.29, 1.82) is 0 Å². The van der Waals surface area contributed by atoms with Gasteiger partial charge < -0.3 is 9.84 Å². The summed E-state index contributed by atoms with van der Waals surface area (Å²) in [5.41, 5.74) is 1.74. The molecule has 1 atom stereocenters. The number of aromatic nitrogens is 2. The first-order chi connectivity index (χ1) is 13.0. The van der Waals surface area contributed by atoms with Crippen LogP contribution < -0.4 is 5.32 Å². The predicted octanol–water partition coefficient (Wildman–Crippen LogP) is 4.64. The molecule has 8 heteroatoms. The lowest BCUT2D eigenvalue weighted by Crippen LogP contribution is -2.28. The van der Waals surface area contributed by atoms with E-state index in [2.05, 4.69) is 15.5 Å². The van der Waals surface area contributed by atoms with Gasteiger partial charge in [-0.1, -0.05) is 28.9 Å². The molecule has 0 fully saturated rings. The molecule has 5 nitrogen and oxygen atoms in total. The second kappa shape index (κ2) is 9.01. The molecule has 1 aromatic heterocycles. The van der Waals surface area contributed by atoms with Crippen LogP contribution in [-0.4, -0.2) is 21.8 Å². The highest BCUT2D eigenvalue weighted by molar-refractivity contribution is 7.99. The molecule has 1 heterocycles. The van der Waals surface area contributed by atoms with E-state index in [4.69, 9.17) is 16.1 Å². The summed E-state index contributed by atoms with van der Waals surface area (Å²) in [6.07, 6.45) is 0. The summed E-state index contributed by atoms with van der Waals surface area (Å²) in [6.45, 7) is 1.77. The number of hydrogen-bond acceptors (Lipinski definition) is 5.